The largest absolute Gasteiger partial charge is 0.492 e. The van der Waals surface area contributed by atoms with Crippen molar-refractivity contribution in [3.63, 3.8) is 0 Å². The molecule has 0 radical (unpaired) electrons. The summed E-state index contributed by atoms with van der Waals surface area (Å²) in [5.41, 5.74) is 1.05. The summed E-state index contributed by atoms with van der Waals surface area (Å²) in [6, 6.07) is 9.00. The van der Waals surface area contributed by atoms with Gasteiger partial charge in [0, 0.05) is 44.9 Å². The van der Waals surface area contributed by atoms with Crippen LogP contribution in [0, 0.1) is 0 Å². The number of hydrogen-bond acceptors (Lipinski definition) is 4. The second-order valence-corrected chi connectivity index (χ2v) is 6.49. The van der Waals surface area contributed by atoms with Gasteiger partial charge in [-0.1, -0.05) is 11.6 Å². The average molecular weight is 349 g/mol. The molecule has 6 nitrogen and oxygen atoms in total. The quantitative estimate of drug-likeness (QED) is 0.830. The van der Waals surface area contributed by atoms with Crippen LogP contribution >= 0.6 is 11.6 Å². The fourth-order valence-electron chi connectivity index (χ4n) is 2.84. The first-order valence-corrected chi connectivity index (χ1v) is 8.26. The molecule has 1 aliphatic rings. The third kappa shape index (κ3) is 3.71. The molecular formula is C17H21ClN4O2. The molecule has 24 heavy (non-hydrogen) atoms. The molecule has 0 saturated heterocycles. The van der Waals surface area contributed by atoms with Crippen LogP contribution in [-0.2, 0) is 11.3 Å². The van der Waals surface area contributed by atoms with Crippen molar-refractivity contribution < 1.29 is 9.53 Å². The van der Waals surface area contributed by atoms with Crippen molar-refractivity contribution in [2.75, 3.05) is 33.8 Å². The summed E-state index contributed by atoms with van der Waals surface area (Å²) < 4.78 is 7.59. The van der Waals surface area contributed by atoms with E-state index in [4.69, 9.17) is 16.3 Å². The zero-order chi connectivity index (χ0) is 17.1. The van der Waals surface area contributed by atoms with Crippen molar-refractivity contribution in [2.24, 2.45) is 0 Å². The number of halogens is 1. The third-order valence-corrected chi connectivity index (χ3v) is 4.33. The van der Waals surface area contributed by atoms with E-state index in [-0.39, 0.29) is 11.9 Å². The number of carbonyl (C=O) groups is 1. The van der Waals surface area contributed by atoms with E-state index in [1.165, 1.54) is 0 Å². The van der Waals surface area contributed by atoms with Gasteiger partial charge >= 0.3 is 0 Å². The highest BCUT2D eigenvalue weighted by Gasteiger charge is 2.31. The van der Waals surface area contributed by atoms with E-state index in [0.717, 1.165) is 24.5 Å². The Morgan fingerprint density at radius 3 is 2.79 bits per heavy atom. The molecule has 0 bridgehead atoms. The number of nitrogens with zero attached hydrogens (tertiary/aromatic N) is 4. The first kappa shape index (κ1) is 16.8. The molecule has 2 heterocycles. The molecule has 128 valence electrons. The van der Waals surface area contributed by atoms with Crippen molar-refractivity contribution in [2.45, 2.75) is 12.6 Å². The second-order valence-electron chi connectivity index (χ2n) is 6.05. The second kappa shape index (κ2) is 7.23. The highest BCUT2D eigenvalue weighted by atomic mass is 35.5. The molecule has 1 amide bonds. The lowest BCUT2D eigenvalue weighted by Gasteiger charge is -2.34. The number of hydrogen-bond donors (Lipinski definition) is 0. The van der Waals surface area contributed by atoms with E-state index < -0.39 is 0 Å². The molecule has 1 aromatic carbocycles. The molecule has 0 aliphatic carbocycles. The van der Waals surface area contributed by atoms with Crippen LogP contribution in [0.1, 0.15) is 11.7 Å². The molecule has 1 atom stereocenters. The lowest BCUT2D eigenvalue weighted by atomic mass is 10.1. The first-order chi connectivity index (χ1) is 11.5. The minimum atomic E-state index is -0.283. The van der Waals surface area contributed by atoms with Crippen LogP contribution in [0.3, 0.4) is 0 Å². The lowest BCUT2D eigenvalue weighted by Crippen LogP contribution is -2.45. The Labute approximate surface area is 146 Å². The highest BCUT2D eigenvalue weighted by molar-refractivity contribution is 6.30. The Morgan fingerprint density at radius 2 is 2.08 bits per heavy atom. The average Bonchev–Trinajstić information content (AvgIpc) is 3.03. The molecule has 0 saturated carbocycles. The highest BCUT2D eigenvalue weighted by Crippen LogP contribution is 2.22. The summed E-state index contributed by atoms with van der Waals surface area (Å²) in [4.78, 5) is 16.3. The summed E-state index contributed by atoms with van der Waals surface area (Å²) in [5, 5.41) is 5.00. The smallest absolute Gasteiger partial charge is 0.248 e. The molecule has 0 unspecified atom stereocenters. The van der Waals surface area contributed by atoms with E-state index >= 15 is 0 Å². The summed E-state index contributed by atoms with van der Waals surface area (Å²) in [6.07, 6.45) is 1.75. The van der Waals surface area contributed by atoms with Crippen molar-refractivity contribution in [1.29, 1.82) is 0 Å². The molecule has 7 heteroatoms. The van der Waals surface area contributed by atoms with Crippen molar-refractivity contribution in [3.8, 4) is 5.75 Å². The summed E-state index contributed by atoms with van der Waals surface area (Å²) in [7, 11) is 3.54. The SMILES string of the molecule is CN(C)C(=O)[C@H]1CN(CCOc2ccc(Cl)cc2)Cc2ccnn21. The zero-order valence-corrected chi connectivity index (χ0v) is 14.6. The van der Waals surface area contributed by atoms with Gasteiger partial charge in [0.25, 0.3) is 0 Å². The summed E-state index contributed by atoms with van der Waals surface area (Å²) in [5.74, 6) is 0.852. The zero-order valence-electron chi connectivity index (χ0n) is 13.9. The van der Waals surface area contributed by atoms with Gasteiger partial charge in [0.2, 0.25) is 5.91 Å². The predicted molar refractivity (Wildman–Crippen MR) is 92.2 cm³/mol. The molecular weight excluding hydrogens is 328 g/mol. The Bertz CT molecular complexity index is 699. The van der Waals surface area contributed by atoms with Crippen LogP contribution < -0.4 is 4.74 Å². The number of carbonyl (C=O) groups excluding carboxylic acids is 1. The van der Waals surface area contributed by atoms with E-state index in [9.17, 15) is 4.79 Å². The van der Waals surface area contributed by atoms with Gasteiger partial charge in [-0.25, -0.2) is 0 Å². The van der Waals surface area contributed by atoms with Gasteiger partial charge in [-0.05, 0) is 30.3 Å². The monoisotopic (exact) mass is 348 g/mol. The lowest BCUT2D eigenvalue weighted by molar-refractivity contribution is -0.134. The Balaban J connectivity index is 1.61. The number of ether oxygens (including phenoxy) is 1. The van der Waals surface area contributed by atoms with Gasteiger partial charge in [-0.15, -0.1) is 0 Å². The number of aromatic nitrogens is 2. The van der Waals surface area contributed by atoms with Gasteiger partial charge in [0.1, 0.15) is 18.4 Å². The van der Waals surface area contributed by atoms with Gasteiger partial charge < -0.3 is 9.64 Å². The van der Waals surface area contributed by atoms with Crippen molar-refractivity contribution in [3.05, 3.63) is 47.2 Å². The van der Waals surface area contributed by atoms with Crippen LogP contribution in [0.2, 0.25) is 5.02 Å². The standard InChI is InChI=1S/C17H21ClN4O2/c1-20(2)17(23)16-12-21(11-14-7-8-19-22(14)16)9-10-24-15-5-3-13(18)4-6-15/h3-8,16H,9-12H2,1-2H3/t16-/m1/s1. The van der Waals surface area contributed by atoms with Crippen LogP contribution in [0.5, 0.6) is 5.75 Å². The minimum Gasteiger partial charge on any atom is -0.492 e. The van der Waals surface area contributed by atoms with Gasteiger partial charge in [0.05, 0.1) is 5.69 Å². The molecule has 1 aromatic heterocycles. The fraction of sp³-hybridized carbons (Fsp3) is 0.412. The molecule has 2 aromatic rings. The van der Waals surface area contributed by atoms with Gasteiger partial charge in [-0.2, -0.15) is 5.10 Å². The number of likely N-dealkylation sites (N-methyl/N-ethyl adjacent to an activating group) is 1. The molecule has 3 rings (SSSR count). The van der Waals surface area contributed by atoms with E-state index in [1.54, 1.807) is 25.2 Å². The number of fused-ring (bicyclic) bond motifs is 1. The van der Waals surface area contributed by atoms with Crippen LogP contribution in [0.4, 0.5) is 0 Å². The minimum absolute atomic E-state index is 0.0586. The molecule has 0 spiro atoms. The first-order valence-electron chi connectivity index (χ1n) is 7.89. The maximum atomic E-state index is 12.4. The van der Waals surface area contributed by atoms with Crippen LogP contribution in [0.25, 0.3) is 0 Å². The Morgan fingerprint density at radius 1 is 1.33 bits per heavy atom. The van der Waals surface area contributed by atoms with E-state index in [2.05, 4.69) is 10.00 Å². The molecule has 0 fully saturated rings. The number of rotatable bonds is 5. The fourth-order valence-corrected chi connectivity index (χ4v) is 2.96. The van der Waals surface area contributed by atoms with Gasteiger partial charge in [-0.3, -0.25) is 14.4 Å². The number of amides is 1. The Hall–Kier alpha value is -2.05. The maximum Gasteiger partial charge on any atom is 0.248 e. The number of benzene rings is 1. The summed E-state index contributed by atoms with van der Waals surface area (Å²) in [6.45, 7) is 2.69. The van der Waals surface area contributed by atoms with E-state index in [0.29, 0.717) is 18.2 Å². The topological polar surface area (TPSA) is 50.6 Å². The van der Waals surface area contributed by atoms with Crippen molar-refractivity contribution in [1.82, 2.24) is 19.6 Å². The van der Waals surface area contributed by atoms with Crippen LogP contribution in [-0.4, -0.2) is 59.3 Å². The third-order valence-electron chi connectivity index (χ3n) is 4.08. The summed E-state index contributed by atoms with van der Waals surface area (Å²) >= 11 is 5.87. The van der Waals surface area contributed by atoms with Gasteiger partial charge in [0.15, 0.2) is 0 Å². The maximum absolute atomic E-state index is 12.4. The Kier molecular flexibility index (Phi) is 5.06. The van der Waals surface area contributed by atoms with E-state index in [1.807, 2.05) is 35.0 Å². The normalized spacial score (nSPS) is 17.4. The van der Waals surface area contributed by atoms with Crippen molar-refractivity contribution >= 4 is 17.5 Å². The molecule has 1 aliphatic heterocycles. The predicted octanol–water partition coefficient (Wildman–Crippen LogP) is 2.06. The molecule has 0 N–H and O–H groups in total. The van der Waals surface area contributed by atoms with Crippen LogP contribution in [0.15, 0.2) is 36.5 Å².